The summed E-state index contributed by atoms with van der Waals surface area (Å²) in [7, 11) is -4.13. The molecule has 2 aromatic rings. The number of ether oxygens (including phenoxy) is 1. The number of carbonyl (C=O) groups is 2. The molecule has 0 heterocycles. The first-order valence-electron chi connectivity index (χ1n) is 8.49. The van der Waals surface area contributed by atoms with Gasteiger partial charge in [-0.25, -0.2) is 17.6 Å². The van der Waals surface area contributed by atoms with Crippen LogP contribution in [0.15, 0.2) is 53.4 Å². The molecule has 28 heavy (non-hydrogen) atoms. The van der Waals surface area contributed by atoms with Gasteiger partial charge in [-0.2, -0.15) is 0 Å². The third kappa shape index (κ3) is 5.53. The Morgan fingerprint density at radius 2 is 1.71 bits per heavy atom. The molecule has 0 aliphatic heterocycles. The summed E-state index contributed by atoms with van der Waals surface area (Å²) in [6.07, 6.45) is -1.05. The Bertz CT molecular complexity index is 976. The van der Waals surface area contributed by atoms with Gasteiger partial charge in [-0.15, -0.1) is 0 Å². The van der Waals surface area contributed by atoms with Crippen molar-refractivity contribution in [1.29, 1.82) is 0 Å². The van der Waals surface area contributed by atoms with E-state index in [9.17, 15) is 22.4 Å². The molecule has 0 unspecified atom stereocenters. The molecule has 2 aromatic carbocycles. The number of hydrogen-bond acceptors (Lipinski definition) is 5. The van der Waals surface area contributed by atoms with Gasteiger partial charge in [0.1, 0.15) is 5.82 Å². The lowest BCUT2D eigenvalue weighted by Gasteiger charge is -2.15. The second kappa shape index (κ2) is 8.83. The van der Waals surface area contributed by atoms with Gasteiger partial charge in [-0.3, -0.25) is 9.52 Å². The molecule has 0 saturated heterocycles. The highest BCUT2D eigenvalue weighted by Crippen LogP contribution is 2.20. The number of amides is 1. The van der Waals surface area contributed by atoms with E-state index >= 15 is 0 Å². The van der Waals surface area contributed by atoms with Crippen LogP contribution in [0.5, 0.6) is 0 Å². The predicted octanol–water partition coefficient (Wildman–Crippen LogP) is 2.70. The largest absolute Gasteiger partial charge is 0.449 e. The van der Waals surface area contributed by atoms with Gasteiger partial charge in [0.2, 0.25) is 0 Å². The van der Waals surface area contributed by atoms with E-state index in [1.54, 1.807) is 13.8 Å². The van der Waals surface area contributed by atoms with Crippen LogP contribution < -0.4 is 10.0 Å². The van der Waals surface area contributed by atoms with Crippen molar-refractivity contribution in [3.05, 3.63) is 59.9 Å². The van der Waals surface area contributed by atoms with Crippen molar-refractivity contribution in [3.8, 4) is 0 Å². The van der Waals surface area contributed by atoms with Crippen LogP contribution in [0.25, 0.3) is 0 Å². The molecule has 0 aliphatic rings. The minimum absolute atomic E-state index is 0.0550. The molecule has 7 nitrogen and oxygen atoms in total. The standard InChI is InChI=1S/C19H21FN2O5S/c1-12(2)21-18(23)13(3)27-19(24)14-7-6-8-15(11-14)28(25,26)22-17-10-5-4-9-16(17)20/h4-13,22H,1-3H3,(H,21,23)/t13-/m0/s1. The molecule has 0 aromatic heterocycles. The number of carbonyl (C=O) groups excluding carboxylic acids is 2. The highest BCUT2D eigenvalue weighted by molar-refractivity contribution is 7.92. The summed E-state index contributed by atoms with van der Waals surface area (Å²) >= 11 is 0. The second-order valence-corrected chi connectivity index (χ2v) is 8.01. The lowest BCUT2D eigenvalue weighted by Crippen LogP contribution is -2.39. The molecule has 0 aliphatic carbocycles. The molecular formula is C19H21FN2O5S. The lowest BCUT2D eigenvalue weighted by atomic mass is 10.2. The Morgan fingerprint density at radius 1 is 1.04 bits per heavy atom. The zero-order chi connectivity index (χ0) is 20.9. The van der Waals surface area contributed by atoms with Crippen LogP contribution in [-0.4, -0.2) is 32.4 Å². The number of nitrogens with one attached hydrogen (secondary N) is 2. The van der Waals surface area contributed by atoms with E-state index in [1.807, 2.05) is 0 Å². The van der Waals surface area contributed by atoms with Gasteiger partial charge in [-0.05, 0) is 51.1 Å². The van der Waals surface area contributed by atoms with E-state index in [4.69, 9.17) is 4.74 Å². The molecule has 2 N–H and O–H groups in total. The Kier molecular flexibility index (Phi) is 6.74. The van der Waals surface area contributed by atoms with E-state index in [0.717, 1.165) is 12.1 Å². The second-order valence-electron chi connectivity index (χ2n) is 6.32. The van der Waals surface area contributed by atoms with Gasteiger partial charge in [0, 0.05) is 6.04 Å². The molecule has 1 amide bonds. The molecule has 0 bridgehead atoms. The smallest absolute Gasteiger partial charge is 0.338 e. The SMILES string of the molecule is CC(C)NC(=O)[C@H](C)OC(=O)c1cccc(S(=O)(=O)Nc2ccccc2F)c1. The number of rotatable bonds is 7. The summed E-state index contributed by atoms with van der Waals surface area (Å²) in [4.78, 5) is 23.9. The first kappa shape index (κ1) is 21.4. The summed E-state index contributed by atoms with van der Waals surface area (Å²) in [5, 5.41) is 2.61. The van der Waals surface area contributed by atoms with Crippen molar-refractivity contribution in [2.45, 2.75) is 37.8 Å². The van der Waals surface area contributed by atoms with Gasteiger partial charge >= 0.3 is 5.97 Å². The fourth-order valence-corrected chi connectivity index (χ4v) is 3.33. The van der Waals surface area contributed by atoms with Crippen LogP contribution in [0.4, 0.5) is 10.1 Å². The summed E-state index contributed by atoms with van der Waals surface area (Å²) < 4.78 is 45.9. The van der Waals surface area contributed by atoms with Gasteiger partial charge in [0.15, 0.2) is 6.10 Å². The Hall–Kier alpha value is -2.94. The molecule has 9 heteroatoms. The molecule has 2 rings (SSSR count). The Labute approximate surface area is 163 Å². The van der Waals surface area contributed by atoms with E-state index in [-0.39, 0.29) is 22.2 Å². The normalized spacial score (nSPS) is 12.3. The van der Waals surface area contributed by atoms with Crippen molar-refractivity contribution in [3.63, 3.8) is 0 Å². The molecule has 150 valence electrons. The number of hydrogen-bond donors (Lipinski definition) is 2. The first-order chi connectivity index (χ1) is 13.1. The minimum Gasteiger partial charge on any atom is -0.449 e. The maximum Gasteiger partial charge on any atom is 0.338 e. The minimum atomic E-state index is -4.13. The Balaban J connectivity index is 2.18. The van der Waals surface area contributed by atoms with Crippen LogP contribution in [0, 0.1) is 5.82 Å². The van der Waals surface area contributed by atoms with Gasteiger partial charge in [-0.1, -0.05) is 18.2 Å². The quantitative estimate of drug-likeness (QED) is 0.686. The van der Waals surface area contributed by atoms with Crippen molar-refractivity contribution >= 4 is 27.6 Å². The summed E-state index contributed by atoms with van der Waals surface area (Å²) in [6.45, 7) is 4.95. The highest BCUT2D eigenvalue weighted by Gasteiger charge is 2.22. The highest BCUT2D eigenvalue weighted by atomic mass is 32.2. The summed E-state index contributed by atoms with van der Waals surface area (Å²) in [6, 6.07) is 10.3. The number of sulfonamides is 1. The zero-order valence-corrected chi connectivity index (χ0v) is 16.4. The average molecular weight is 408 g/mol. The lowest BCUT2D eigenvalue weighted by molar-refractivity contribution is -0.129. The topological polar surface area (TPSA) is 102 Å². The molecule has 1 atom stereocenters. The van der Waals surface area contributed by atoms with E-state index in [0.29, 0.717) is 0 Å². The fourth-order valence-electron chi connectivity index (χ4n) is 2.22. The Morgan fingerprint density at radius 3 is 2.36 bits per heavy atom. The molecular weight excluding hydrogens is 387 g/mol. The number of benzene rings is 2. The van der Waals surface area contributed by atoms with Crippen LogP contribution in [0.3, 0.4) is 0 Å². The van der Waals surface area contributed by atoms with Crippen molar-refractivity contribution in [2.24, 2.45) is 0 Å². The third-order valence-electron chi connectivity index (χ3n) is 3.58. The van der Waals surface area contributed by atoms with Crippen LogP contribution >= 0.6 is 0 Å². The van der Waals surface area contributed by atoms with E-state index in [2.05, 4.69) is 10.0 Å². The number of halogens is 1. The molecule has 0 saturated carbocycles. The average Bonchev–Trinajstić information content (AvgIpc) is 2.63. The van der Waals surface area contributed by atoms with Crippen molar-refractivity contribution in [1.82, 2.24) is 5.32 Å². The third-order valence-corrected chi connectivity index (χ3v) is 4.95. The van der Waals surface area contributed by atoms with E-state index in [1.165, 1.54) is 43.3 Å². The maximum absolute atomic E-state index is 13.7. The number of anilines is 1. The molecule has 0 spiro atoms. The van der Waals surface area contributed by atoms with Gasteiger partial charge in [0.05, 0.1) is 16.1 Å². The van der Waals surface area contributed by atoms with Gasteiger partial charge in [0.25, 0.3) is 15.9 Å². The fraction of sp³-hybridized carbons (Fsp3) is 0.263. The van der Waals surface area contributed by atoms with Crippen molar-refractivity contribution < 1.29 is 27.1 Å². The maximum atomic E-state index is 13.7. The zero-order valence-electron chi connectivity index (χ0n) is 15.6. The summed E-state index contributed by atoms with van der Waals surface area (Å²) in [5.41, 5.74) is -0.268. The summed E-state index contributed by atoms with van der Waals surface area (Å²) in [5.74, 6) is -2.05. The first-order valence-corrected chi connectivity index (χ1v) is 9.97. The van der Waals surface area contributed by atoms with Crippen LogP contribution in [-0.2, 0) is 19.6 Å². The monoisotopic (exact) mass is 408 g/mol. The predicted molar refractivity (Wildman–Crippen MR) is 102 cm³/mol. The number of esters is 1. The van der Waals surface area contributed by atoms with Crippen LogP contribution in [0.2, 0.25) is 0 Å². The van der Waals surface area contributed by atoms with Crippen molar-refractivity contribution in [2.75, 3.05) is 4.72 Å². The number of para-hydroxylation sites is 1. The van der Waals surface area contributed by atoms with E-state index < -0.39 is 33.8 Å². The van der Waals surface area contributed by atoms with Gasteiger partial charge < -0.3 is 10.1 Å². The molecule has 0 radical (unpaired) electrons. The molecule has 0 fully saturated rings. The van der Waals surface area contributed by atoms with Crippen LogP contribution in [0.1, 0.15) is 31.1 Å².